The van der Waals surface area contributed by atoms with E-state index in [2.05, 4.69) is 4.74 Å². The van der Waals surface area contributed by atoms with Gasteiger partial charge in [-0.15, -0.1) is 0 Å². The molecule has 6 heteroatoms. The van der Waals surface area contributed by atoms with Crippen LogP contribution in [0.5, 0.6) is 0 Å². The third kappa shape index (κ3) is 22.4. The van der Waals surface area contributed by atoms with Gasteiger partial charge in [-0.05, 0) is 6.92 Å². The van der Waals surface area contributed by atoms with E-state index in [1.54, 1.807) is 0 Å². The summed E-state index contributed by atoms with van der Waals surface area (Å²) < 4.78 is 9.57. The van der Waals surface area contributed by atoms with Gasteiger partial charge >= 0.3 is 5.97 Å². The molecule has 0 atom stereocenters. The van der Waals surface area contributed by atoms with Crippen molar-refractivity contribution in [2.45, 2.75) is 6.92 Å². The first-order valence-electron chi connectivity index (χ1n) is 3.95. The average molecular weight is 206 g/mol. The summed E-state index contributed by atoms with van der Waals surface area (Å²) in [6.07, 6.45) is 0.389. The van der Waals surface area contributed by atoms with Gasteiger partial charge in [-0.25, -0.2) is 4.79 Å². The summed E-state index contributed by atoms with van der Waals surface area (Å²) in [5, 5.41) is 8.10. The van der Waals surface area contributed by atoms with E-state index >= 15 is 0 Å². The van der Waals surface area contributed by atoms with Crippen LogP contribution in [0.2, 0.25) is 0 Å². The van der Waals surface area contributed by atoms with Crippen LogP contribution < -0.4 is 0 Å². The maximum Gasteiger partial charge on any atom is 0.329 e. The van der Waals surface area contributed by atoms with Crippen LogP contribution in [0.4, 0.5) is 0 Å². The molecule has 0 heterocycles. The van der Waals surface area contributed by atoms with Crippen molar-refractivity contribution in [3.05, 3.63) is 0 Å². The van der Waals surface area contributed by atoms with Gasteiger partial charge in [-0.1, -0.05) is 0 Å². The van der Waals surface area contributed by atoms with Crippen molar-refractivity contribution in [2.75, 3.05) is 26.4 Å². The predicted octanol–water partition coefficient (Wildman–Crippen LogP) is -0.492. The summed E-state index contributed by atoms with van der Waals surface area (Å²) in [5.41, 5.74) is 0. The highest BCUT2D eigenvalue weighted by atomic mass is 16.5. The molecule has 1 N–H and O–H groups in total. The van der Waals surface area contributed by atoms with E-state index in [0.717, 1.165) is 0 Å². The molecule has 82 valence electrons. The van der Waals surface area contributed by atoms with Crippen molar-refractivity contribution in [1.82, 2.24) is 0 Å². The zero-order chi connectivity index (χ0) is 11.2. The molecule has 0 aromatic carbocycles. The molecule has 0 radical (unpaired) electrons. The summed E-state index contributed by atoms with van der Waals surface area (Å²) >= 11 is 0. The number of hydrogen-bond acceptors (Lipinski definition) is 5. The zero-order valence-electron chi connectivity index (χ0n) is 7.97. The highest BCUT2D eigenvalue weighted by molar-refractivity contribution is 6.09. The first-order valence-corrected chi connectivity index (χ1v) is 3.95. The van der Waals surface area contributed by atoms with Gasteiger partial charge in [0.05, 0.1) is 13.2 Å². The topological polar surface area (TPSA) is 89.9 Å². The van der Waals surface area contributed by atoms with E-state index in [1.807, 2.05) is 6.92 Å². The third-order valence-corrected chi connectivity index (χ3v) is 0.857. The third-order valence-electron chi connectivity index (χ3n) is 0.857. The second-order valence-electron chi connectivity index (χ2n) is 1.92. The molecule has 0 amide bonds. The second kappa shape index (κ2) is 14.3. The van der Waals surface area contributed by atoms with E-state index < -0.39 is 5.97 Å². The van der Waals surface area contributed by atoms with Crippen LogP contribution in [-0.4, -0.2) is 50.1 Å². The lowest BCUT2D eigenvalue weighted by Gasteiger charge is -1.99. The number of carbonyl (C=O) groups is 3. The fourth-order valence-electron chi connectivity index (χ4n) is 0.422. The highest BCUT2D eigenvalue weighted by Crippen LogP contribution is 1.77. The molecule has 0 spiro atoms. The number of ether oxygens (including phenoxy) is 2. The van der Waals surface area contributed by atoms with Gasteiger partial charge in [0.15, 0.2) is 12.6 Å². The van der Waals surface area contributed by atoms with Crippen LogP contribution in [0.3, 0.4) is 0 Å². The Morgan fingerprint density at radius 2 is 1.71 bits per heavy atom. The van der Waals surface area contributed by atoms with Crippen molar-refractivity contribution < 1.29 is 29.0 Å². The molecule has 0 saturated heterocycles. The lowest BCUT2D eigenvalue weighted by atomic mass is 10.7. The smallest absolute Gasteiger partial charge is 0.329 e. The summed E-state index contributed by atoms with van der Waals surface area (Å²) in [6.45, 7) is 3.07. The predicted molar refractivity (Wildman–Crippen MR) is 47.1 cm³/mol. The summed E-state index contributed by atoms with van der Waals surface area (Å²) in [7, 11) is 0. The Kier molecular flexibility index (Phi) is 15.5. The van der Waals surface area contributed by atoms with E-state index in [0.29, 0.717) is 19.8 Å². The Morgan fingerprint density at radius 3 is 2.07 bits per heavy atom. The van der Waals surface area contributed by atoms with Crippen LogP contribution in [0.15, 0.2) is 0 Å². The molecule has 0 aromatic rings. The first-order chi connectivity index (χ1) is 6.68. The number of carboxylic acid groups (broad SMARTS) is 1. The number of carboxylic acids is 1. The summed E-state index contributed by atoms with van der Waals surface area (Å²) in [6, 6.07) is 0. The van der Waals surface area contributed by atoms with Crippen molar-refractivity contribution >= 4 is 18.5 Å². The maximum absolute atomic E-state index is 9.87. The quantitative estimate of drug-likeness (QED) is 0.343. The van der Waals surface area contributed by atoms with Crippen LogP contribution in [-0.2, 0) is 23.9 Å². The largest absolute Gasteiger partial charge is 0.480 e. The monoisotopic (exact) mass is 206 g/mol. The molecular weight excluding hydrogens is 192 g/mol. The summed E-state index contributed by atoms with van der Waals surface area (Å²) in [4.78, 5) is 27.5. The summed E-state index contributed by atoms with van der Waals surface area (Å²) in [5.74, 6) is -0.948. The van der Waals surface area contributed by atoms with Gasteiger partial charge in [0, 0.05) is 6.61 Å². The number of rotatable bonds is 7. The number of carbonyl (C=O) groups excluding carboxylic acids is 2. The second-order valence-corrected chi connectivity index (χ2v) is 1.92. The average Bonchev–Trinajstić information content (AvgIpc) is 2.18. The lowest BCUT2D eigenvalue weighted by molar-refractivity contribution is -0.142. The minimum atomic E-state index is -0.948. The first kappa shape index (κ1) is 15.2. The van der Waals surface area contributed by atoms with Gasteiger partial charge in [-0.3, -0.25) is 9.59 Å². The Balaban J connectivity index is 0. The minimum absolute atomic E-state index is 0.194. The number of aldehydes is 2. The Morgan fingerprint density at radius 1 is 1.21 bits per heavy atom. The Hall–Kier alpha value is -1.27. The van der Waals surface area contributed by atoms with Crippen molar-refractivity contribution in [3.63, 3.8) is 0 Å². The van der Waals surface area contributed by atoms with Crippen molar-refractivity contribution in [2.24, 2.45) is 0 Å². The van der Waals surface area contributed by atoms with Crippen LogP contribution >= 0.6 is 0 Å². The Labute approximate surface area is 81.8 Å². The van der Waals surface area contributed by atoms with Gasteiger partial charge in [0.2, 0.25) is 0 Å². The van der Waals surface area contributed by atoms with Crippen LogP contribution in [0.25, 0.3) is 0 Å². The molecule has 0 fully saturated rings. The molecule has 0 bridgehead atoms. The molecule has 0 aromatic heterocycles. The minimum Gasteiger partial charge on any atom is -0.480 e. The SMILES string of the molecule is CCOCCOCC(=O)O.O=CC=O. The Bertz CT molecular complexity index is 150. The number of aliphatic carboxylic acids is 1. The van der Waals surface area contributed by atoms with Crippen LogP contribution in [0, 0.1) is 0 Å². The van der Waals surface area contributed by atoms with E-state index in [4.69, 9.17) is 19.4 Å². The fraction of sp³-hybridized carbons (Fsp3) is 0.625. The highest BCUT2D eigenvalue weighted by Gasteiger charge is 1.94. The van der Waals surface area contributed by atoms with Crippen molar-refractivity contribution in [1.29, 1.82) is 0 Å². The molecule has 0 aliphatic heterocycles. The van der Waals surface area contributed by atoms with Gasteiger partial charge in [0.25, 0.3) is 0 Å². The standard InChI is InChI=1S/C6H12O4.C2H2O2/c1-2-9-3-4-10-5-6(7)8;3-1-2-4/h2-5H2,1H3,(H,7,8);1-2H. The van der Waals surface area contributed by atoms with Gasteiger partial charge in [-0.2, -0.15) is 0 Å². The van der Waals surface area contributed by atoms with Gasteiger partial charge in [0.1, 0.15) is 6.61 Å². The fourth-order valence-corrected chi connectivity index (χ4v) is 0.422. The van der Waals surface area contributed by atoms with Crippen LogP contribution in [0.1, 0.15) is 6.92 Å². The van der Waals surface area contributed by atoms with E-state index in [9.17, 15) is 4.79 Å². The lowest BCUT2D eigenvalue weighted by Crippen LogP contribution is -2.11. The van der Waals surface area contributed by atoms with E-state index in [-0.39, 0.29) is 19.2 Å². The molecule has 0 aliphatic carbocycles. The van der Waals surface area contributed by atoms with Crippen molar-refractivity contribution in [3.8, 4) is 0 Å². The van der Waals surface area contributed by atoms with Gasteiger partial charge < -0.3 is 14.6 Å². The normalized spacial score (nSPS) is 8.36. The maximum atomic E-state index is 9.87. The zero-order valence-corrected chi connectivity index (χ0v) is 7.97. The molecule has 14 heavy (non-hydrogen) atoms. The molecule has 0 unspecified atom stereocenters. The molecule has 0 aliphatic rings. The molecule has 0 rings (SSSR count). The molecule has 6 nitrogen and oxygen atoms in total. The number of hydrogen-bond donors (Lipinski definition) is 1. The molecule has 0 saturated carbocycles. The van der Waals surface area contributed by atoms with E-state index in [1.165, 1.54) is 0 Å². The molecular formula is C8H14O6.